The molecule has 0 fully saturated rings. The lowest BCUT2D eigenvalue weighted by atomic mass is 10.1. The Kier molecular flexibility index (Phi) is 5.72. The molecule has 29 heavy (non-hydrogen) atoms. The summed E-state index contributed by atoms with van der Waals surface area (Å²) in [6.45, 7) is 7.13. The van der Waals surface area contributed by atoms with Gasteiger partial charge in [0.15, 0.2) is 5.75 Å². The third-order valence-corrected chi connectivity index (χ3v) is 6.81. The van der Waals surface area contributed by atoms with Gasteiger partial charge in [0.25, 0.3) is 5.56 Å². The van der Waals surface area contributed by atoms with Crippen molar-refractivity contribution in [3.05, 3.63) is 32.8 Å². The van der Waals surface area contributed by atoms with Gasteiger partial charge in [0.05, 0.1) is 21.1 Å². The Balaban J connectivity index is 1.79. The van der Waals surface area contributed by atoms with Crippen LogP contribution in [0.1, 0.15) is 45.9 Å². The fraction of sp³-hybridized carbons (Fsp3) is 0.524. The smallest absolute Gasteiger partial charge is 0.262 e. The van der Waals surface area contributed by atoms with Crippen LogP contribution < -0.4 is 15.6 Å². The molecule has 2 aromatic heterocycles. The van der Waals surface area contributed by atoms with Gasteiger partial charge in [-0.15, -0.1) is 11.3 Å². The second-order valence-electron chi connectivity index (χ2n) is 8.53. The van der Waals surface area contributed by atoms with Crippen LogP contribution in [0, 0.1) is 0 Å². The summed E-state index contributed by atoms with van der Waals surface area (Å²) in [5, 5.41) is 15.1. The van der Waals surface area contributed by atoms with Crippen molar-refractivity contribution in [2.75, 3.05) is 6.54 Å². The average Bonchev–Trinajstić information content (AvgIpc) is 2.85. The maximum atomic E-state index is 13.2. The van der Waals surface area contributed by atoms with E-state index in [9.17, 15) is 9.90 Å². The molecule has 8 heteroatoms. The molecule has 0 spiro atoms. The van der Waals surface area contributed by atoms with E-state index in [0.29, 0.717) is 17.7 Å². The van der Waals surface area contributed by atoms with Gasteiger partial charge < -0.3 is 15.2 Å². The number of fused-ring (bicyclic) bond motifs is 4. The van der Waals surface area contributed by atoms with E-state index in [4.69, 9.17) is 9.72 Å². The number of halogens is 1. The van der Waals surface area contributed by atoms with E-state index >= 15 is 0 Å². The molecule has 0 bridgehead atoms. The van der Waals surface area contributed by atoms with Crippen molar-refractivity contribution in [1.82, 2.24) is 14.9 Å². The average molecular weight is 480 g/mol. The number of aliphatic hydroxyl groups is 1. The standard InChI is InChI=1S/C21H26BrN3O3S/c1-21(2,3)23-11-15(26)28-17-13(22)9-8-12-16-19(29-18(12)17)24-14-7-5-4-6-10-25(14)20(16)27/h8-9,15,23,26H,4-7,10-11H2,1-3H3/t15-/m1/s1. The number of β-amino-alcohol motifs (C(OH)–C–C–N with tert-alkyl or cyclic N) is 1. The minimum Gasteiger partial charge on any atom is -0.461 e. The van der Waals surface area contributed by atoms with E-state index in [1.807, 2.05) is 37.5 Å². The summed E-state index contributed by atoms with van der Waals surface area (Å²) in [5.41, 5.74) is -0.0944. The van der Waals surface area contributed by atoms with Crippen LogP contribution in [0.3, 0.4) is 0 Å². The lowest BCUT2D eigenvalue weighted by Gasteiger charge is -2.23. The molecule has 0 saturated carbocycles. The molecule has 0 aliphatic carbocycles. The molecular weight excluding hydrogens is 454 g/mol. The first-order valence-electron chi connectivity index (χ1n) is 9.99. The van der Waals surface area contributed by atoms with Crippen LogP contribution >= 0.6 is 27.3 Å². The lowest BCUT2D eigenvalue weighted by molar-refractivity contribution is -0.0183. The zero-order valence-electron chi connectivity index (χ0n) is 16.9. The second kappa shape index (κ2) is 7.98. The number of benzene rings is 1. The Labute approximate surface area is 182 Å². The molecular formula is C21H26BrN3O3S. The lowest BCUT2D eigenvalue weighted by Crippen LogP contribution is -2.42. The molecule has 1 aromatic carbocycles. The van der Waals surface area contributed by atoms with E-state index < -0.39 is 6.29 Å². The summed E-state index contributed by atoms with van der Waals surface area (Å²) >= 11 is 4.99. The fourth-order valence-corrected chi connectivity index (χ4v) is 5.38. The number of nitrogens with zero attached hydrogens (tertiary/aromatic N) is 2. The van der Waals surface area contributed by atoms with Crippen molar-refractivity contribution in [2.24, 2.45) is 0 Å². The highest BCUT2D eigenvalue weighted by atomic mass is 79.9. The number of nitrogens with one attached hydrogen (secondary N) is 1. The van der Waals surface area contributed by atoms with Gasteiger partial charge in [-0.3, -0.25) is 9.36 Å². The van der Waals surface area contributed by atoms with Gasteiger partial charge in [0.1, 0.15) is 10.7 Å². The van der Waals surface area contributed by atoms with E-state index in [2.05, 4.69) is 21.2 Å². The Morgan fingerprint density at radius 1 is 1.34 bits per heavy atom. The van der Waals surface area contributed by atoms with Gasteiger partial charge in [-0.2, -0.15) is 0 Å². The van der Waals surface area contributed by atoms with E-state index in [1.54, 1.807) is 0 Å². The molecule has 0 amide bonds. The van der Waals surface area contributed by atoms with Crippen molar-refractivity contribution >= 4 is 47.6 Å². The van der Waals surface area contributed by atoms with Crippen molar-refractivity contribution in [3.63, 3.8) is 0 Å². The van der Waals surface area contributed by atoms with E-state index in [1.165, 1.54) is 11.3 Å². The molecule has 3 aromatic rings. The maximum Gasteiger partial charge on any atom is 0.262 e. The number of aliphatic hydroxyl groups excluding tert-OH is 1. The van der Waals surface area contributed by atoms with Crippen molar-refractivity contribution in [2.45, 2.75) is 64.8 Å². The number of thiophene rings is 1. The normalized spacial score (nSPS) is 16.0. The van der Waals surface area contributed by atoms with Crippen LogP contribution in [0.2, 0.25) is 0 Å². The molecule has 0 unspecified atom stereocenters. The third kappa shape index (κ3) is 4.21. The van der Waals surface area contributed by atoms with E-state index in [-0.39, 0.29) is 11.1 Å². The fourth-order valence-electron chi connectivity index (χ4n) is 3.65. The molecule has 2 N–H and O–H groups in total. The van der Waals surface area contributed by atoms with Gasteiger partial charge in [0, 0.05) is 23.9 Å². The van der Waals surface area contributed by atoms with Crippen LogP contribution in [0.5, 0.6) is 5.75 Å². The maximum absolute atomic E-state index is 13.2. The van der Waals surface area contributed by atoms with Gasteiger partial charge in [0.2, 0.25) is 6.29 Å². The predicted octanol–water partition coefficient (Wildman–Crippen LogP) is 4.19. The number of aryl methyl sites for hydroxylation is 1. The molecule has 3 heterocycles. The Morgan fingerprint density at radius 2 is 2.14 bits per heavy atom. The second-order valence-corrected chi connectivity index (χ2v) is 10.4. The number of hydrogen-bond donors (Lipinski definition) is 2. The zero-order valence-corrected chi connectivity index (χ0v) is 19.3. The molecule has 1 aliphatic heterocycles. The Morgan fingerprint density at radius 3 is 2.90 bits per heavy atom. The molecule has 0 saturated heterocycles. The van der Waals surface area contributed by atoms with Crippen LogP contribution in [0.4, 0.5) is 0 Å². The summed E-state index contributed by atoms with van der Waals surface area (Å²) in [4.78, 5) is 18.8. The number of rotatable bonds is 4. The summed E-state index contributed by atoms with van der Waals surface area (Å²) in [6.07, 6.45) is 3.03. The summed E-state index contributed by atoms with van der Waals surface area (Å²) in [5.74, 6) is 1.43. The number of ether oxygens (including phenoxy) is 1. The molecule has 1 atom stereocenters. The predicted molar refractivity (Wildman–Crippen MR) is 121 cm³/mol. The quantitative estimate of drug-likeness (QED) is 0.548. The minimum absolute atomic E-state index is 0.0290. The Hall–Kier alpha value is -1.48. The Bertz CT molecular complexity index is 1120. The summed E-state index contributed by atoms with van der Waals surface area (Å²) in [7, 11) is 0. The van der Waals surface area contributed by atoms with Crippen LogP contribution in [0.15, 0.2) is 21.4 Å². The van der Waals surface area contributed by atoms with Gasteiger partial charge >= 0.3 is 0 Å². The number of aromatic nitrogens is 2. The number of hydrogen-bond acceptors (Lipinski definition) is 6. The molecule has 1 aliphatic rings. The van der Waals surface area contributed by atoms with Crippen molar-refractivity contribution in [3.8, 4) is 5.75 Å². The SMILES string of the molecule is CC(C)(C)NC[C@H](O)Oc1c(Br)ccc2c1sc1nc3n(c(=O)c12)CCCCC3. The van der Waals surface area contributed by atoms with Gasteiger partial charge in [-0.25, -0.2) is 4.98 Å². The molecule has 0 radical (unpaired) electrons. The van der Waals surface area contributed by atoms with Gasteiger partial charge in [-0.1, -0.05) is 12.5 Å². The molecule has 156 valence electrons. The largest absolute Gasteiger partial charge is 0.461 e. The van der Waals surface area contributed by atoms with Crippen LogP contribution in [-0.2, 0) is 13.0 Å². The van der Waals surface area contributed by atoms with Crippen molar-refractivity contribution in [1.29, 1.82) is 0 Å². The highest BCUT2D eigenvalue weighted by Crippen LogP contribution is 2.42. The van der Waals surface area contributed by atoms with Crippen LogP contribution in [-0.4, -0.2) is 33.0 Å². The molecule has 4 rings (SSSR count). The van der Waals surface area contributed by atoms with Crippen molar-refractivity contribution < 1.29 is 9.84 Å². The first-order chi connectivity index (χ1) is 13.7. The monoisotopic (exact) mass is 479 g/mol. The van der Waals surface area contributed by atoms with E-state index in [0.717, 1.165) is 57.4 Å². The third-order valence-electron chi connectivity index (χ3n) is 5.09. The molecule has 6 nitrogen and oxygen atoms in total. The minimum atomic E-state index is -1.01. The summed E-state index contributed by atoms with van der Waals surface area (Å²) < 4.78 is 9.30. The summed E-state index contributed by atoms with van der Waals surface area (Å²) in [6, 6.07) is 3.79. The topological polar surface area (TPSA) is 76.4 Å². The highest BCUT2D eigenvalue weighted by molar-refractivity contribution is 9.10. The van der Waals surface area contributed by atoms with Crippen LogP contribution in [0.25, 0.3) is 20.3 Å². The zero-order chi connectivity index (χ0) is 20.8. The highest BCUT2D eigenvalue weighted by Gasteiger charge is 2.22. The van der Waals surface area contributed by atoms with Gasteiger partial charge in [-0.05, 0) is 55.6 Å². The first-order valence-corrected chi connectivity index (χ1v) is 11.6. The first kappa shape index (κ1) is 20.8.